The highest BCUT2D eigenvalue weighted by Gasteiger charge is 2.23. The smallest absolute Gasteiger partial charge is 0.153 e. The van der Waals surface area contributed by atoms with Crippen LogP contribution >= 0.6 is 0 Å². The molecule has 0 fully saturated rings. The third-order valence-corrected chi connectivity index (χ3v) is 7.27. The zero-order valence-electron chi connectivity index (χ0n) is 19.6. The summed E-state index contributed by atoms with van der Waals surface area (Å²) in [4.78, 5) is 4.72. The number of nitrogens with zero attached hydrogens (tertiary/aromatic N) is 3. The summed E-state index contributed by atoms with van der Waals surface area (Å²) in [7, 11) is 0. The van der Waals surface area contributed by atoms with Gasteiger partial charge < -0.3 is 9.30 Å². The van der Waals surface area contributed by atoms with E-state index in [-0.39, 0.29) is 0 Å². The Labute approximate surface area is 207 Å². The fourth-order valence-corrected chi connectivity index (χ4v) is 5.67. The van der Waals surface area contributed by atoms with Crippen LogP contribution in [0.3, 0.4) is 0 Å². The predicted octanol–water partition coefficient (Wildman–Crippen LogP) is 8.20. The monoisotopic (exact) mass is 463 g/mol. The van der Waals surface area contributed by atoms with Crippen LogP contribution in [-0.2, 0) is 0 Å². The molecule has 5 aromatic carbocycles. The van der Waals surface area contributed by atoms with Crippen molar-refractivity contribution >= 4 is 32.8 Å². The molecule has 4 heteroatoms. The molecule has 0 bridgehead atoms. The quantitative estimate of drug-likeness (QED) is 0.259. The van der Waals surface area contributed by atoms with Gasteiger partial charge in [0.2, 0.25) is 0 Å². The van der Waals surface area contributed by atoms with Crippen LogP contribution in [-0.4, -0.2) is 14.1 Å². The van der Waals surface area contributed by atoms with Crippen molar-refractivity contribution in [2.24, 2.45) is 0 Å². The molecule has 3 heterocycles. The summed E-state index contributed by atoms with van der Waals surface area (Å²) in [5, 5.41) is 2.54. The molecule has 0 unspecified atom stereocenters. The maximum Gasteiger partial charge on any atom is 0.153 e. The van der Waals surface area contributed by atoms with E-state index < -0.39 is 0 Å². The normalized spacial score (nSPS) is 12.2. The summed E-state index contributed by atoms with van der Waals surface area (Å²) in [6.07, 6.45) is 0. The second-order valence-corrected chi connectivity index (χ2v) is 9.32. The predicted molar refractivity (Wildman–Crippen MR) is 146 cm³/mol. The molecule has 0 amide bonds. The molecule has 0 radical (unpaired) electrons. The van der Waals surface area contributed by atoms with E-state index in [1.165, 1.54) is 21.8 Å². The van der Waals surface area contributed by atoms with E-state index in [2.05, 4.69) is 100 Å². The first kappa shape index (κ1) is 19.5. The highest BCUT2D eigenvalue weighted by Crippen LogP contribution is 2.43. The van der Waals surface area contributed by atoms with E-state index in [0.717, 1.165) is 50.9 Å². The van der Waals surface area contributed by atoms with Crippen LogP contribution in [0.5, 0.6) is 11.5 Å². The number of benzene rings is 5. The molecule has 1 aliphatic rings. The first-order chi connectivity index (χ1) is 17.8. The van der Waals surface area contributed by atoms with Gasteiger partial charge in [-0.05, 0) is 66.6 Å². The molecule has 0 saturated carbocycles. The van der Waals surface area contributed by atoms with Gasteiger partial charge >= 0.3 is 0 Å². The third-order valence-electron chi connectivity index (χ3n) is 7.27. The van der Waals surface area contributed by atoms with Gasteiger partial charge in [-0.1, -0.05) is 60.7 Å². The zero-order valence-corrected chi connectivity index (χ0v) is 19.6. The van der Waals surface area contributed by atoms with Crippen LogP contribution in [0.4, 0.5) is 0 Å². The number of hydrogen-bond donors (Lipinski definition) is 0. The molecule has 0 saturated heterocycles. The van der Waals surface area contributed by atoms with Gasteiger partial charge in [-0.2, -0.15) is 0 Å². The SMILES string of the molecule is Cc1nc2cccc3c2n1-c1ccc(-c2ccc(-n4c5ccccc5c5ccccc54)cc2)cc1O3. The van der Waals surface area contributed by atoms with Crippen molar-refractivity contribution in [2.45, 2.75) is 6.92 Å². The van der Waals surface area contributed by atoms with Crippen molar-refractivity contribution in [3.8, 4) is 34.0 Å². The number of rotatable bonds is 2. The van der Waals surface area contributed by atoms with E-state index in [0.29, 0.717) is 0 Å². The molecule has 4 nitrogen and oxygen atoms in total. The zero-order chi connectivity index (χ0) is 23.8. The molecule has 2 aromatic heterocycles. The number of imidazole rings is 1. The maximum absolute atomic E-state index is 6.34. The number of para-hydroxylation sites is 3. The molecule has 0 aliphatic carbocycles. The van der Waals surface area contributed by atoms with Gasteiger partial charge in [-0.15, -0.1) is 0 Å². The minimum atomic E-state index is 0.847. The Morgan fingerprint density at radius 2 is 1.31 bits per heavy atom. The van der Waals surface area contributed by atoms with E-state index >= 15 is 0 Å². The average Bonchev–Trinajstić information content (AvgIpc) is 3.44. The first-order valence-corrected chi connectivity index (χ1v) is 12.2. The lowest BCUT2D eigenvalue weighted by atomic mass is 10.0. The number of aryl methyl sites for hydroxylation is 1. The minimum absolute atomic E-state index is 0.847. The Bertz CT molecular complexity index is 1920. The van der Waals surface area contributed by atoms with Crippen molar-refractivity contribution in [1.82, 2.24) is 14.1 Å². The first-order valence-electron chi connectivity index (χ1n) is 12.2. The van der Waals surface area contributed by atoms with Crippen LogP contribution in [0.1, 0.15) is 5.82 Å². The fraction of sp³-hybridized carbons (Fsp3) is 0.0312. The lowest BCUT2D eigenvalue weighted by molar-refractivity contribution is 0.475. The Morgan fingerprint density at radius 1 is 0.611 bits per heavy atom. The van der Waals surface area contributed by atoms with Crippen molar-refractivity contribution < 1.29 is 4.74 Å². The summed E-state index contributed by atoms with van der Waals surface area (Å²) in [6, 6.07) is 38.5. The van der Waals surface area contributed by atoms with Crippen LogP contribution in [0, 0.1) is 6.92 Å². The number of ether oxygens (including phenoxy) is 1. The Kier molecular flexibility index (Phi) is 3.84. The van der Waals surface area contributed by atoms with Gasteiger partial charge in [0.25, 0.3) is 0 Å². The standard InChI is InChI=1S/C32H21N3O/c1-20-33-26-9-6-12-30-32(26)34(20)29-18-15-22(19-31(29)36-30)21-13-16-23(17-14-21)35-27-10-4-2-7-24(27)25-8-3-5-11-28(25)35/h2-19H,1H3. The van der Waals surface area contributed by atoms with Gasteiger partial charge in [-0.25, -0.2) is 4.98 Å². The maximum atomic E-state index is 6.34. The van der Waals surface area contributed by atoms with Crippen LogP contribution < -0.4 is 4.74 Å². The Morgan fingerprint density at radius 3 is 2.06 bits per heavy atom. The summed E-state index contributed by atoms with van der Waals surface area (Å²) in [5.74, 6) is 2.66. The number of aromatic nitrogens is 3. The van der Waals surface area contributed by atoms with Crippen molar-refractivity contribution in [3.63, 3.8) is 0 Å². The van der Waals surface area contributed by atoms with Crippen LogP contribution in [0.2, 0.25) is 0 Å². The van der Waals surface area contributed by atoms with E-state index in [9.17, 15) is 0 Å². The minimum Gasteiger partial charge on any atom is -0.453 e. The second-order valence-electron chi connectivity index (χ2n) is 9.32. The third kappa shape index (κ3) is 2.61. The molecule has 170 valence electrons. The molecular weight excluding hydrogens is 442 g/mol. The Hall–Kier alpha value is -4.83. The molecule has 1 aliphatic heterocycles. The van der Waals surface area contributed by atoms with E-state index in [4.69, 9.17) is 9.72 Å². The van der Waals surface area contributed by atoms with Crippen LogP contribution in [0.25, 0.3) is 55.3 Å². The summed E-state index contributed by atoms with van der Waals surface area (Å²) in [6.45, 7) is 2.04. The van der Waals surface area contributed by atoms with E-state index in [1.807, 2.05) is 25.1 Å². The topological polar surface area (TPSA) is 32.0 Å². The van der Waals surface area contributed by atoms with Crippen LogP contribution in [0.15, 0.2) is 109 Å². The van der Waals surface area contributed by atoms with Gasteiger partial charge in [0, 0.05) is 16.5 Å². The average molecular weight is 464 g/mol. The summed E-state index contributed by atoms with van der Waals surface area (Å²) in [5.41, 5.74) is 8.87. The molecule has 0 spiro atoms. The lowest BCUT2D eigenvalue weighted by Gasteiger charge is -2.21. The van der Waals surface area contributed by atoms with Crippen molar-refractivity contribution in [2.75, 3.05) is 0 Å². The van der Waals surface area contributed by atoms with Gasteiger partial charge in [-0.3, -0.25) is 4.57 Å². The molecule has 7 aromatic rings. The Balaban J connectivity index is 1.23. The lowest BCUT2D eigenvalue weighted by Crippen LogP contribution is -2.05. The van der Waals surface area contributed by atoms with Crippen molar-refractivity contribution in [1.29, 1.82) is 0 Å². The fourth-order valence-electron chi connectivity index (χ4n) is 5.67. The highest BCUT2D eigenvalue weighted by molar-refractivity contribution is 6.09. The van der Waals surface area contributed by atoms with E-state index in [1.54, 1.807) is 0 Å². The molecule has 0 N–H and O–H groups in total. The second kappa shape index (κ2) is 7.09. The largest absolute Gasteiger partial charge is 0.453 e. The highest BCUT2D eigenvalue weighted by atomic mass is 16.5. The van der Waals surface area contributed by atoms with Gasteiger partial charge in [0.05, 0.1) is 22.2 Å². The number of fused-ring (bicyclic) bond motifs is 5. The molecule has 8 rings (SSSR count). The molecule has 36 heavy (non-hydrogen) atoms. The van der Waals surface area contributed by atoms with Crippen molar-refractivity contribution in [3.05, 3.63) is 115 Å². The summed E-state index contributed by atoms with van der Waals surface area (Å²) < 4.78 is 10.9. The summed E-state index contributed by atoms with van der Waals surface area (Å²) >= 11 is 0. The van der Waals surface area contributed by atoms with Gasteiger partial charge in [0.15, 0.2) is 11.5 Å². The number of hydrogen-bond acceptors (Lipinski definition) is 2. The molecular formula is C32H21N3O. The molecule has 0 atom stereocenters. The van der Waals surface area contributed by atoms with Gasteiger partial charge in [0.1, 0.15) is 11.3 Å².